The maximum Gasteiger partial charge on any atom is 0.220 e. The van der Waals surface area contributed by atoms with Gasteiger partial charge in [0.15, 0.2) is 0 Å². The summed E-state index contributed by atoms with van der Waals surface area (Å²) in [5.74, 6) is 0.00668. The first-order valence-electron chi connectivity index (χ1n) is 5.97. The van der Waals surface area contributed by atoms with E-state index in [9.17, 15) is 4.79 Å². The average molecular weight is 297 g/mol. The van der Waals surface area contributed by atoms with Crippen LogP contribution in [0.15, 0.2) is 36.7 Å². The lowest BCUT2D eigenvalue weighted by Gasteiger charge is -2.06. The zero-order chi connectivity index (χ0) is 13.7. The first-order chi connectivity index (χ1) is 9.15. The third-order valence-corrected chi connectivity index (χ3v) is 3.38. The van der Waals surface area contributed by atoms with Crippen molar-refractivity contribution in [3.05, 3.63) is 57.8 Å². The minimum Gasteiger partial charge on any atom is -0.367 e. The molecule has 0 saturated heterocycles. The molecule has 0 aliphatic heterocycles. The summed E-state index contributed by atoms with van der Waals surface area (Å²) < 4.78 is 0. The second kappa shape index (κ2) is 6.64. The number of aromatic amines is 1. The third-order valence-electron chi connectivity index (χ3n) is 2.79. The van der Waals surface area contributed by atoms with E-state index < -0.39 is 0 Å². The van der Waals surface area contributed by atoms with E-state index in [0.29, 0.717) is 29.4 Å². The Labute approximate surface area is 121 Å². The SMILES string of the molecule is O=C(CCc1ccc(Cl)cc1Cl)NCc1cc[nH]c1. The van der Waals surface area contributed by atoms with E-state index in [-0.39, 0.29) is 5.91 Å². The maximum atomic E-state index is 11.7. The number of rotatable bonds is 5. The van der Waals surface area contributed by atoms with Crippen LogP contribution in [0.5, 0.6) is 0 Å². The quantitative estimate of drug-likeness (QED) is 0.870. The van der Waals surface area contributed by atoms with Crippen LogP contribution in [-0.4, -0.2) is 10.9 Å². The Balaban J connectivity index is 1.80. The molecule has 0 aliphatic carbocycles. The Morgan fingerprint density at radius 1 is 1.26 bits per heavy atom. The molecule has 0 spiro atoms. The van der Waals surface area contributed by atoms with Crippen molar-refractivity contribution in [3.8, 4) is 0 Å². The highest BCUT2D eigenvalue weighted by molar-refractivity contribution is 6.35. The van der Waals surface area contributed by atoms with Gasteiger partial charge in [0.1, 0.15) is 0 Å². The van der Waals surface area contributed by atoms with Crippen molar-refractivity contribution >= 4 is 29.1 Å². The van der Waals surface area contributed by atoms with Crippen LogP contribution in [0.1, 0.15) is 17.5 Å². The molecule has 1 aromatic heterocycles. The molecule has 3 nitrogen and oxygen atoms in total. The monoisotopic (exact) mass is 296 g/mol. The van der Waals surface area contributed by atoms with Gasteiger partial charge in [-0.3, -0.25) is 4.79 Å². The summed E-state index contributed by atoms with van der Waals surface area (Å²) >= 11 is 11.9. The predicted molar refractivity (Wildman–Crippen MR) is 77.4 cm³/mol. The van der Waals surface area contributed by atoms with Gasteiger partial charge >= 0.3 is 0 Å². The lowest BCUT2D eigenvalue weighted by atomic mass is 10.1. The number of hydrogen-bond donors (Lipinski definition) is 2. The fourth-order valence-corrected chi connectivity index (χ4v) is 2.23. The first-order valence-corrected chi connectivity index (χ1v) is 6.73. The number of H-pyrrole nitrogens is 1. The molecule has 2 aromatic rings. The van der Waals surface area contributed by atoms with E-state index in [0.717, 1.165) is 11.1 Å². The Hall–Kier alpha value is -1.45. The lowest BCUT2D eigenvalue weighted by Crippen LogP contribution is -2.22. The largest absolute Gasteiger partial charge is 0.367 e. The van der Waals surface area contributed by atoms with Crippen LogP contribution in [0.3, 0.4) is 0 Å². The zero-order valence-corrected chi connectivity index (χ0v) is 11.8. The van der Waals surface area contributed by atoms with E-state index in [1.807, 2.05) is 24.5 Å². The smallest absolute Gasteiger partial charge is 0.220 e. The molecule has 1 aromatic carbocycles. The van der Waals surface area contributed by atoms with Gasteiger partial charge in [-0.15, -0.1) is 0 Å². The van der Waals surface area contributed by atoms with Gasteiger partial charge < -0.3 is 10.3 Å². The van der Waals surface area contributed by atoms with Gasteiger partial charge in [0, 0.05) is 35.4 Å². The zero-order valence-electron chi connectivity index (χ0n) is 10.2. The number of carbonyl (C=O) groups is 1. The van der Waals surface area contributed by atoms with Gasteiger partial charge in [-0.2, -0.15) is 0 Å². The molecule has 0 saturated carbocycles. The Morgan fingerprint density at radius 2 is 2.11 bits per heavy atom. The Morgan fingerprint density at radius 3 is 2.79 bits per heavy atom. The number of carbonyl (C=O) groups excluding carboxylic acids is 1. The van der Waals surface area contributed by atoms with Crippen molar-refractivity contribution < 1.29 is 4.79 Å². The van der Waals surface area contributed by atoms with Gasteiger partial charge in [-0.1, -0.05) is 29.3 Å². The highest BCUT2D eigenvalue weighted by Crippen LogP contribution is 2.21. The van der Waals surface area contributed by atoms with Gasteiger partial charge in [-0.25, -0.2) is 0 Å². The minimum absolute atomic E-state index is 0.00668. The number of benzene rings is 1. The van der Waals surface area contributed by atoms with E-state index in [4.69, 9.17) is 23.2 Å². The molecule has 0 radical (unpaired) electrons. The van der Waals surface area contributed by atoms with Crippen molar-refractivity contribution in [2.45, 2.75) is 19.4 Å². The Kier molecular flexibility index (Phi) is 4.88. The van der Waals surface area contributed by atoms with Gasteiger partial charge in [-0.05, 0) is 35.7 Å². The molecule has 2 N–H and O–H groups in total. The van der Waals surface area contributed by atoms with Crippen LogP contribution in [0, 0.1) is 0 Å². The van der Waals surface area contributed by atoms with Crippen molar-refractivity contribution in [2.24, 2.45) is 0 Å². The van der Waals surface area contributed by atoms with Crippen LogP contribution < -0.4 is 5.32 Å². The summed E-state index contributed by atoms with van der Waals surface area (Å²) in [7, 11) is 0. The highest BCUT2D eigenvalue weighted by Gasteiger charge is 2.06. The number of hydrogen-bond acceptors (Lipinski definition) is 1. The number of aryl methyl sites for hydroxylation is 1. The molecule has 100 valence electrons. The van der Waals surface area contributed by atoms with Gasteiger partial charge in [0.25, 0.3) is 0 Å². The van der Waals surface area contributed by atoms with Crippen LogP contribution >= 0.6 is 23.2 Å². The molecule has 0 atom stereocenters. The normalized spacial score (nSPS) is 10.4. The number of halogens is 2. The predicted octanol–water partition coefficient (Wildman–Crippen LogP) is 3.57. The van der Waals surface area contributed by atoms with E-state index in [2.05, 4.69) is 10.3 Å². The van der Waals surface area contributed by atoms with E-state index in [1.165, 1.54) is 0 Å². The summed E-state index contributed by atoms with van der Waals surface area (Å²) in [6.07, 6.45) is 4.70. The summed E-state index contributed by atoms with van der Waals surface area (Å²) in [4.78, 5) is 14.6. The van der Waals surface area contributed by atoms with E-state index >= 15 is 0 Å². The topological polar surface area (TPSA) is 44.9 Å². The molecule has 0 unspecified atom stereocenters. The molecule has 1 heterocycles. The van der Waals surface area contributed by atoms with Crippen LogP contribution in [0.2, 0.25) is 10.0 Å². The van der Waals surface area contributed by atoms with E-state index in [1.54, 1.807) is 12.1 Å². The molecule has 0 fully saturated rings. The van der Waals surface area contributed by atoms with Crippen LogP contribution in [0.4, 0.5) is 0 Å². The molecule has 0 bridgehead atoms. The van der Waals surface area contributed by atoms with Crippen molar-refractivity contribution in [1.82, 2.24) is 10.3 Å². The molecular weight excluding hydrogens is 283 g/mol. The Bertz CT molecular complexity index is 553. The molecule has 1 amide bonds. The summed E-state index contributed by atoms with van der Waals surface area (Å²) in [5.41, 5.74) is 1.99. The molecule has 19 heavy (non-hydrogen) atoms. The van der Waals surface area contributed by atoms with Crippen molar-refractivity contribution in [2.75, 3.05) is 0 Å². The summed E-state index contributed by atoms with van der Waals surface area (Å²) in [6, 6.07) is 7.25. The van der Waals surface area contributed by atoms with Gasteiger partial charge in [0.05, 0.1) is 0 Å². The van der Waals surface area contributed by atoms with Crippen molar-refractivity contribution in [1.29, 1.82) is 0 Å². The fraction of sp³-hybridized carbons (Fsp3) is 0.214. The summed E-state index contributed by atoms with van der Waals surface area (Å²) in [5, 5.41) is 4.06. The molecule has 0 aliphatic rings. The third kappa shape index (κ3) is 4.30. The molecule has 2 rings (SSSR count). The number of nitrogens with one attached hydrogen (secondary N) is 2. The molecule has 5 heteroatoms. The molecular formula is C14H14Cl2N2O. The standard InChI is InChI=1S/C14H14Cl2N2O/c15-12-3-1-11(13(16)7-12)2-4-14(19)18-9-10-5-6-17-8-10/h1,3,5-8,17H,2,4,9H2,(H,18,19). The van der Waals surface area contributed by atoms with Gasteiger partial charge in [0.2, 0.25) is 5.91 Å². The fourth-order valence-electron chi connectivity index (χ4n) is 1.73. The second-order valence-electron chi connectivity index (χ2n) is 4.23. The summed E-state index contributed by atoms with van der Waals surface area (Å²) in [6.45, 7) is 0.538. The first kappa shape index (κ1) is 14.0. The number of amides is 1. The van der Waals surface area contributed by atoms with Crippen LogP contribution in [0.25, 0.3) is 0 Å². The van der Waals surface area contributed by atoms with Crippen molar-refractivity contribution in [3.63, 3.8) is 0 Å². The highest BCUT2D eigenvalue weighted by atomic mass is 35.5. The van der Waals surface area contributed by atoms with Crippen LogP contribution in [-0.2, 0) is 17.8 Å². The maximum absolute atomic E-state index is 11.7. The minimum atomic E-state index is 0.00668. The number of aromatic nitrogens is 1. The lowest BCUT2D eigenvalue weighted by molar-refractivity contribution is -0.121. The average Bonchev–Trinajstić information content (AvgIpc) is 2.88. The second-order valence-corrected chi connectivity index (χ2v) is 5.08.